The third kappa shape index (κ3) is 7.61. The van der Waals surface area contributed by atoms with Crippen molar-refractivity contribution in [1.29, 1.82) is 0 Å². The first-order valence-corrected chi connectivity index (χ1v) is 12.8. The second kappa shape index (κ2) is 12.8. The summed E-state index contributed by atoms with van der Waals surface area (Å²) < 4.78 is 22.4. The Morgan fingerprint density at radius 1 is 1.25 bits per heavy atom. The number of thioether (sulfide) groups is 1. The van der Waals surface area contributed by atoms with Crippen molar-refractivity contribution in [2.45, 2.75) is 70.6 Å². The fourth-order valence-corrected chi connectivity index (χ4v) is 5.16. The van der Waals surface area contributed by atoms with Gasteiger partial charge < -0.3 is 18.9 Å². The van der Waals surface area contributed by atoms with E-state index in [2.05, 4.69) is 11.9 Å². The van der Waals surface area contributed by atoms with Gasteiger partial charge in [0.05, 0.1) is 18.2 Å². The van der Waals surface area contributed by atoms with Crippen LogP contribution in [0.5, 0.6) is 5.75 Å². The minimum Gasteiger partial charge on any atom is -0.490 e. The minimum atomic E-state index is -0.421. The molecule has 0 aliphatic heterocycles. The van der Waals surface area contributed by atoms with Crippen LogP contribution in [0.15, 0.2) is 18.3 Å². The summed E-state index contributed by atoms with van der Waals surface area (Å²) in [5, 5.41) is 0. The van der Waals surface area contributed by atoms with E-state index in [0.29, 0.717) is 16.9 Å². The summed E-state index contributed by atoms with van der Waals surface area (Å²) in [5.41, 5.74) is 1.34. The molecule has 8 heteroatoms. The van der Waals surface area contributed by atoms with Crippen LogP contribution in [0.3, 0.4) is 0 Å². The highest BCUT2D eigenvalue weighted by atomic mass is 32.2. The third-order valence-corrected chi connectivity index (χ3v) is 7.51. The number of methoxy groups -OCH3 is 2. The average molecular weight is 467 g/mol. The molecule has 0 aromatic carbocycles. The molecule has 0 unspecified atom stereocenters. The van der Waals surface area contributed by atoms with Crippen LogP contribution in [0.1, 0.15) is 57.6 Å². The van der Waals surface area contributed by atoms with Gasteiger partial charge in [-0.25, -0.2) is 0 Å². The van der Waals surface area contributed by atoms with Crippen LogP contribution in [0.2, 0.25) is 0 Å². The average Bonchev–Trinajstić information content (AvgIpc) is 3.56. The van der Waals surface area contributed by atoms with Crippen molar-refractivity contribution in [3.05, 3.63) is 24.0 Å². The molecular formula is C24H38N2O5S. The zero-order chi connectivity index (χ0) is 22.8. The van der Waals surface area contributed by atoms with Crippen LogP contribution in [0, 0.1) is 5.41 Å². The van der Waals surface area contributed by atoms with E-state index in [-0.39, 0.29) is 32.0 Å². The van der Waals surface area contributed by atoms with Gasteiger partial charge in [-0.15, -0.1) is 0 Å². The van der Waals surface area contributed by atoms with Gasteiger partial charge in [0, 0.05) is 32.2 Å². The van der Waals surface area contributed by atoms with E-state index in [1.54, 1.807) is 37.1 Å². The fraction of sp³-hybridized carbons (Fsp3) is 0.750. The molecule has 3 rings (SSSR count). The van der Waals surface area contributed by atoms with Crippen molar-refractivity contribution < 1.29 is 23.7 Å². The van der Waals surface area contributed by atoms with Crippen LogP contribution in [-0.4, -0.2) is 67.4 Å². The molecule has 2 aliphatic carbocycles. The molecular weight excluding hydrogens is 428 g/mol. The zero-order valence-electron chi connectivity index (χ0n) is 19.7. The van der Waals surface area contributed by atoms with Gasteiger partial charge in [-0.05, 0) is 62.2 Å². The molecule has 1 aromatic heterocycles. The topological polar surface area (TPSA) is 70.1 Å². The third-order valence-electron chi connectivity index (χ3n) is 6.30. The largest absolute Gasteiger partial charge is 0.490 e. The summed E-state index contributed by atoms with van der Waals surface area (Å²) in [6.45, 7) is 2.41. The van der Waals surface area contributed by atoms with E-state index in [1.165, 1.54) is 25.7 Å². The van der Waals surface area contributed by atoms with Gasteiger partial charge in [0.15, 0.2) is 0 Å². The Labute approximate surface area is 196 Å². The van der Waals surface area contributed by atoms with Gasteiger partial charge in [0.2, 0.25) is 5.91 Å². The summed E-state index contributed by atoms with van der Waals surface area (Å²) in [6.07, 6.45) is 10.4. The predicted molar refractivity (Wildman–Crippen MR) is 126 cm³/mol. The van der Waals surface area contributed by atoms with E-state index >= 15 is 0 Å². The smallest absolute Gasteiger partial charge is 0.232 e. The number of rotatable bonds is 14. The molecule has 2 saturated carbocycles. The van der Waals surface area contributed by atoms with Crippen molar-refractivity contribution in [1.82, 2.24) is 9.88 Å². The SMILES string of the molecule is CCCSC[C@@H](OCOC)N(COC)C(=O)Cc1cc(OC2CCC3(CC2)CC3)ccn1. The highest BCUT2D eigenvalue weighted by Gasteiger charge is 2.45. The Kier molecular flexibility index (Phi) is 10.1. The first-order valence-electron chi connectivity index (χ1n) is 11.7. The molecule has 2 aliphatic rings. The van der Waals surface area contributed by atoms with Crippen LogP contribution in [-0.2, 0) is 25.4 Å². The minimum absolute atomic E-state index is 0.0944. The lowest BCUT2D eigenvalue weighted by molar-refractivity contribution is -0.167. The molecule has 0 N–H and O–H groups in total. The summed E-state index contributed by atoms with van der Waals surface area (Å²) in [6, 6.07) is 3.77. The first kappa shape index (κ1) is 25.3. The Balaban J connectivity index is 1.58. The van der Waals surface area contributed by atoms with E-state index in [0.717, 1.165) is 30.8 Å². The van der Waals surface area contributed by atoms with Crippen LogP contribution in [0.4, 0.5) is 0 Å². The zero-order valence-corrected chi connectivity index (χ0v) is 20.5. The van der Waals surface area contributed by atoms with Crippen molar-refractivity contribution in [2.24, 2.45) is 5.41 Å². The standard InChI is InChI=1S/C24H38N2O5S/c1-4-13-32-16-23(30-18-29-3)26(17-28-2)22(27)15-19-14-21(7-12-25-19)31-20-5-8-24(9-6-20)10-11-24/h7,12,14,20,23H,4-6,8-11,13,15-18H2,1-3H3/t23-/m1/s1. The summed E-state index contributed by atoms with van der Waals surface area (Å²) in [7, 11) is 3.15. The molecule has 180 valence electrons. The quantitative estimate of drug-likeness (QED) is 0.300. The number of nitrogens with zero attached hydrogens (tertiary/aromatic N) is 2. The molecule has 0 radical (unpaired) electrons. The van der Waals surface area contributed by atoms with Crippen molar-refractivity contribution in [2.75, 3.05) is 39.2 Å². The molecule has 2 fully saturated rings. The van der Waals surface area contributed by atoms with Gasteiger partial charge in [0.1, 0.15) is 25.5 Å². The first-order chi connectivity index (χ1) is 15.6. The summed E-state index contributed by atoms with van der Waals surface area (Å²) in [4.78, 5) is 19.2. The maximum atomic E-state index is 13.2. The van der Waals surface area contributed by atoms with Gasteiger partial charge in [-0.2, -0.15) is 11.8 Å². The number of amides is 1. The predicted octanol–water partition coefficient (Wildman–Crippen LogP) is 4.25. The second-order valence-corrected chi connectivity index (χ2v) is 10.0. The van der Waals surface area contributed by atoms with Crippen molar-refractivity contribution in [3.8, 4) is 5.75 Å². The van der Waals surface area contributed by atoms with E-state index in [9.17, 15) is 4.79 Å². The van der Waals surface area contributed by atoms with Gasteiger partial charge in [0.25, 0.3) is 0 Å². The Hall–Kier alpha value is -1.35. The molecule has 1 aromatic rings. The molecule has 1 heterocycles. The van der Waals surface area contributed by atoms with Crippen LogP contribution in [0.25, 0.3) is 0 Å². The lowest BCUT2D eigenvalue weighted by Crippen LogP contribution is -2.45. The molecule has 0 bridgehead atoms. The van der Waals surface area contributed by atoms with Crippen molar-refractivity contribution >= 4 is 17.7 Å². The monoisotopic (exact) mass is 466 g/mol. The number of ether oxygens (including phenoxy) is 4. The van der Waals surface area contributed by atoms with Gasteiger partial charge in [-0.3, -0.25) is 14.7 Å². The maximum Gasteiger partial charge on any atom is 0.232 e. The molecule has 1 atom stereocenters. The molecule has 32 heavy (non-hydrogen) atoms. The number of carbonyl (C=O) groups excluding carboxylic acids is 1. The van der Waals surface area contributed by atoms with Crippen LogP contribution >= 0.6 is 11.8 Å². The summed E-state index contributed by atoms with van der Waals surface area (Å²) >= 11 is 1.75. The van der Waals surface area contributed by atoms with Crippen molar-refractivity contribution in [3.63, 3.8) is 0 Å². The lowest BCUT2D eigenvalue weighted by Gasteiger charge is -2.31. The highest BCUT2D eigenvalue weighted by Crippen LogP contribution is 2.56. The van der Waals surface area contributed by atoms with Crippen LogP contribution < -0.4 is 4.74 Å². The summed E-state index contributed by atoms with van der Waals surface area (Å²) in [5.74, 6) is 2.36. The normalized spacial score (nSPS) is 18.5. The number of hydrogen-bond acceptors (Lipinski definition) is 7. The van der Waals surface area contributed by atoms with E-state index in [1.807, 2.05) is 12.1 Å². The highest BCUT2D eigenvalue weighted by molar-refractivity contribution is 7.99. The van der Waals surface area contributed by atoms with E-state index < -0.39 is 6.23 Å². The number of aromatic nitrogens is 1. The Morgan fingerprint density at radius 3 is 2.69 bits per heavy atom. The number of carbonyl (C=O) groups is 1. The molecule has 1 spiro atoms. The Bertz CT molecular complexity index is 705. The van der Waals surface area contributed by atoms with Gasteiger partial charge in [-0.1, -0.05) is 6.92 Å². The number of hydrogen-bond donors (Lipinski definition) is 0. The fourth-order valence-electron chi connectivity index (χ4n) is 4.23. The van der Waals surface area contributed by atoms with Gasteiger partial charge >= 0.3 is 0 Å². The maximum absolute atomic E-state index is 13.2. The molecule has 1 amide bonds. The molecule has 0 saturated heterocycles. The Morgan fingerprint density at radius 2 is 2.03 bits per heavy atom. The lowest BCUT2D eigenvalue weighted by atomic mass is 9.85. The number of pyridine rings is 1. The second-order valence-electron chi connectivity index (χ2n) is 8.86. The van der Waals surface area contributed by atoms with E-state index in [4.69, 9.17) is 18.9 Å². The molecule has 7 nitrogen and oxygen atoms in total.